The minimum atomic E-state index is -3.77. The van der Waals surface area contributed by atoms with E-state index in [2.05, 4.69) is 28.8 Å². The number of likely N-dealkylation sites (N-methyl/N-ethyl adjacent to an activating group) is 1. The Labute approximate surface area is 184 Å². The predicted molar refractivity (Wildman–Crippen MR) is 123 cm³/mol. The lowest BCUT2D eigenvalue weighted by Gasteiger charge is -2.38. The Bertz CT molecular complexity index is 1050. The van der Waals surface area contributed by atoms with Gasteiger partial charge in [0.05, 0.1) is 35.6 Å². The van der Waals surface area contributed by atoms with Crippen LogP contribution in [-0.2, 0) is 10.0 Å². The fraction of sp³-hybridized carbons (Fsp3) is 0.455. The van der Waals surface area contributed by atoms with E-state index in [1.165, 1.54) is 0 Å². The first-order chi connectivity index (χ1) is 14.8. The van der Waals surface area contributed by atoms with Crippen molar-refractivity contribution in [1.29, 1.82) is 0 Å². The third-order valence-corrected chi connectivity index (χ3v) is 7.05. The van der Waals surface area contributed by atoms with E-state index < -0.39 is 10.0 Å². The van der Waals surface area contributed by atoms with E-state index in [0.29, 0.717) is 30.1 Å². The second-order valence-corrected chi connectivity index (χ2v) is 9.95. The van der Waals surface area contributed by atoms with Crippen molar-refractivity contribution < 1.29 is 17.9 Å². The molecule has 2 aliphatic rings. The number of methoxy groups -OCH3 is 1. The van der Waals surface area contributed by atoms with Crippen LogP contribution in [0.25, 0.3) is 0 Å². The second kappa shape index (κ2) is 8.47. The van der Waals surface area contributed by atoms with Gasteiger partial charge in [0.1, 0.15) is 18.1 Å². The smallest absolute Gasteiger partial charge is 0.262 e. The van der Waals surface area contributed by atoms with E-state index in [1.807, 2.05) is 18.0 Å². The topological polar surface area (TPSA) is 83.1 Å². The number of fused-ring (bicyclic) bond motifs is 1. The number of ether oxygens (including phenoxy) is 2. The number of sulfonamides is 1. The van der Waals surface area contributed by atoms with Gasteiger partial charge in [0.25, 0.3) is 10.0 Å². The predicted octanol–water partition coefficient (Wildman–Crippen LogP) is 2.51. The Morgan fingerprint density at radius 2 is 1.84 bits per heavy atom. The zero-order valence-electron chi connectivity index (χ0n) is 18.4. The third-order valence-electron chi connectivity index (χ3n) is 5.67. The molecule has 1 saturated heterocycles. The van der Waals surface area contributed by atoms with Gasteiger partial charge < -0.3 is 24.6 Å². The van der Waals surface area contributed by atoms with Gasteiger partial charge in [-0.05, 0) is 44.2 Å². The quantitative estimate of drug-likeness (QED) is 0.730. The number of hydrogen-bond acceptors (Lipinski definition) is 7. The van der Waals surface area contributed by atoms with Crippen LogP contribution in [0.5, 0.6) is 11.5 Å². The van der Waals surface area contributed by atoms with Crippen molar-refractivity contribution in [1.82, 2.24) is 5.32 Å². The summed E-state index contributed by atoms with van der Waals surface area (Å²) in [5, 5.41) is 3.51. The second-order valence-electron chi connectivity index (χ2n) is 8.27. The van der Waals surface area contributed by atoms with Gasteiger partial charge in [-0.2, -0.15) is 0 Å². The first-order valence-electron chi connectivity index (χ1n) is 10.5. The number of nitrogens with one attached hydrogen (secondary N) is 2. The molecule has 2 aliphatic heterocycles. The number of anilines is 3. The van der Waals surface area contributed by atoms with Crippen LogP contribution in [0.2, 0.25) is 0 Å². The zero-order chi connectivity index (χ0) is 22.2. The van der Waals surface area contributed by atoms with Gasteiger partial charge >= 0.3 is 0 Å². The molecule has 0 aliphatic carbocycles. The lowest BCUT2D eigenvalue weighted by molar-refractivity contribution is 0.310. The van der Waals surface area contributed by atoms with Gasteiger partial charge in [0, 0.05) is 38.3 Å². The van der Waals surface area contributed by atoms with E-state index in [0.717, 1.165) is 36.8 Å². The lowest BCUT2D eigenvalue weighted by atomic mass is 10.1. The maximum atomic E-state index is 13.1. The highest BCUT2D eigenvalue weighted by molar-refractivity contribution is 7.92. The fourth-order valence-electron chi connectivity index (χ4n) is 4.24. The van der Waals surface area contributed by atoms with E-state index in [4.69, 9.17) is 9.47 Å². The first kappa shape index (κ1) is 21.6. The SMILES string of the molecule is COc1ccc(NS(=O)(=O)c2ccc3c(c2)OCCN3C)cc1N1C[C@@H](C)N[C@@H](C)C1. The van der Waals surface area contributed by atoms with Crippen molar-refractivity contribution >= 4 is 27.1 Å². The van der Waals surface area contributed by atoms with Crippen LogP contribution in [-0.4, -0.2) is 60.9 Å². The molecule has 0 spiro atoms. The average Bonchev–Trinajstić information content (AvgIpc) is 2.72. The van der Waals surface area contributed by atoms with Crippen LogP contribution in [0.1, 0.15) is 13.8 Å². The summed E-state index contributed by atoms with van der Waals surface area (Å²) in [6, 6.07) is 11.0. The van der Waals surface area contributed by atoms with Gasteiger partial charge in [-0.15, -0.1) is 0 Å². The summed E-state index contributed by atoms with van der Waals surface area (Å²) in [6.07, 6.45) is 0. The molecule has 2 aromatic rings. The number of rotatable bonds is 5. The Morgan fingerprint density at radius 3 is 2.55 bits per heavy atom. The van der Waals surface area contributed by atoms with Crippen LogP contribution >= 0.6 is 0 Å². The molecule has 2 N–H and O–H groups in total. The summed E-state index contributed by atoms with van der Waals surface area (Å²) < 4.78 is 40.1. The van der Waals surface area contributed by atoms with Gasteiger partial charge in [-0.1, -0.05) is 0 Å². The Morgan fingerprint density at radius 1 is 1.10 bits per heavy atom. The minimum absolute atomic E-state index is 0.170. The zero-order valence-corrected chi connectivity index (χ0v) is 19.2. The number of hydrogen-bond donors (Lipinski definition) is 2. The van der Waals surface area contributed by atoms with Crippen LogP contribution < -0.4 is 29.3 Å². The normalized spacial score (nSPS) is 21.3. The maximum Gasteiger partial charge on any atom is 0.262 e. The molecule has 0 unspecified atom stereocenters. The highest BCUT2D eigenvalue weighted by atomic mass is 32.2. The molecule has 0 bridgehead atoms. The van der Waals surface area contributed by atoms with Crippen LogP contribution in [0.15, 0.2) is 41.3 Å². The number of nitrogens with zero attached hydrogens (tertiary/aromatic N) is 2. The summed E-state index contributed by atoms with van der Waals surface area (Å²) >= 11 is 0. The van der Waals surface area contributed by atoms with Crippen molar-refractivity contribution in [2.75, 3.05) is 54.9 Å². The van der Waals surface area contributed by atoms with Gasteiger partial charge in [-0.3, -0.25) is 4.72 Å². The molecular weight excluding hydrogens is 416 g/mol. The Hall–Kier alpha value is -2.65. The standard InChI is InChI=1S/C22H30N4O4S/c1-15-13-26(14-16(2)23-15)20-11-17(5-8-21(20)29-4)24-31(27,28)18-6-7-19-22(12-18)30-10-9-25(19)3/h5-8,11-12,15-16,23-24H,9-10,13-14H2,1-4H3/t15-,16+. The molecule has 9 heteroatoms. The van der Waals surface area contributed by atoms with E-state index in [9.17, 15) is 8.42 Å². The number of benzene rings is 2. The summed E-state index contributed by atoms with van der Waals surface area (Å²) in [6.45, 7) is 7.20. The van der Waals surface area contributed by atoms with Gasteiger partial charge in [-0.25, -0.2) is 8.42 Å². The molecular formula is C22H30N4O4S. The van der Waals surface area contributed by atoms with E-state index in [-0.39, 0.29) is 4.90 Å². The van der Waals surface area contributed by atoms with Crippen molar-refractivity contribution in [2.45, 2.75) is 30.8 Å². The molecule has 2 atom stereocenters. The van der Waals surface area contributed by atoms with E-state index in [1.54, 1.807) is 37.4 Å². The summed E-state index contributed by atoms with van der Waals surface area (Å²) in [4.78, 5) is 4.45. The average molecular weight is 447 g/mol. The van der Waals surface area contributed by atoms with Crippen LogP contribution in [0, 0.1) is 0 Å². The fourth-order valence-corrected chi connectivity index (χ4v) is 5.31. The largest absolute Gasteiger partial charge is 0.495 e. The van der Waals surface area contributed by atoms with Crippen molar-refractivity contribution in [3.8, 4) is 11.5 Å². The molecule has 2 aromatic carbocycles. The maximum absolute atomic E-state index is 13.1. The van der Waals surface area contributed by atoms with Crippen molar-refractivity contribution in [3.05, 3.63) is 36.4 Å². The monoisotopic (exact) mass is 446 g/mol. The molecule has 4 rings (SSSR count). The molecule has 2 heterocycles. The molecule has 31 heavy (non-hydrogen) atoms. The lowest BCUT2D eigenvalue weighted by Crippen LogP contribution is -2.54. The Balaban J connectivity index is 1.61. The molecule has 0 radical (unpaired) electrons. The highest BCUT2D eigenvalue weighted by Crippen LogP contribution is 2.35. The number of piperazine rings is 1. The molecule has 168 valence electrons. The summed E-state index contributed by atoms with van der Waals surface area (Å²) in [5.74, 6) is 1.30. The third kappa shape index (κ3) is 4.52. The van der Waals surface area contributed by atoms with E-state index >= 15 is 0 Å². The Kier molecular flexibility index (Phi) is 5.90. The highest BCUT2D eigenvalue weighted by Gasteiger charge is 2.25. The molecule has 0 aromatic heterocycles. The molecule has 0 amide bonds. The first-order valence-corrected chi connectivity index (χ1v) is 11.9. The summed E-state index contributed by atoms with van der Waals surface area (Å²) in [7, 11) is -0.183. The molecule has 0 saturated carbocycles. The molecule has 1 fully saturated rings. The van der Waals surface area contributed by atoms with Gasteiger partial charge in [0.2, 0.25) is 0 Å². The molecule has 8 nitrogen and oxygen atoms in total. The van der Waals surface area contributed by atoms with Gasteiger partial charge in [0.15, 0.2) is 0 Å². The van der Waals surface area contributed by atoms with Crippen molar-refractivity contribution in [3.63, 3.8) is 0 Å². The minimum Gasteiger partial charge on any atom is -0.495 e. The van der Waals surface area contributed by atoms with Crippen molar-refractivity contribution in [2.24, 2.45) is 0 Å². The van der Waals surface area contributed by atoms with Crippen LogP contribution in [0.4, 0.5) is 17.1 Å². The summed E-state index contributed by atoms with van der Waals surface area (Å²) in [5.41, 5.74) is 2.25. The van der Waals surface area contributed by atoms with Crippen LogP contribution in [0.3, 0.4) is 0 Å².